The molecular weight excluding hydrogens is 406 g/mol. The molecule has 0 spiro atoms. The molecule has 0 aliphatic rings. The Morgan fingerprint density at radius 2 is 1.72 bits per heavy atom. The van der Waals surface area contributed by atoms with Crippen LogP contribution in [0.15, 0.2) is 90.2 Å². The van der Waals surface area contributed by atoms with Crippen molar-refractivity contribution in [3.63, 3.8) is 0 Å². The van der Waals surface area contributed by atoms with Crippen LogP contribution < -0.4 is 5.43 Å². The number of nitrogens with zero attached hydrogens (tertiary/aromatic N) is 4. The molecule has 158 valence electrons. The predicted octanol–water partition coefficient (Wildman–Crippen LogP) is 4.52. The van der Waals surface area contributed by atoms with Gasteiger partial charge in [0.05, 0.1) is 16.8 Å². The van der Waals surface area contributed by atoms with E-state index in [1.165, 1.54) is 30.5 Å². The number of aryl methyl sites for hydroxylation is 1. The molecule has 0 unspecified atom stereocenters. The third-order valence-corrected chi connectivity index (χ3v) is 4.80. The molecule has 4 aromatic rings. The number of benzene rings is 3. The summed E-state index contributed by atoms with van der Waals surface area (Å²) in [4.78, 5) is 22.6. The van der Waals surface area contributed by atoms with Gasteiger partial charge >= 0.3 is 0 Å². The summed E-state index contributed by atoms with van der Waals surface area (Å²) < 4.78 is 1.76. The summed E-state index contributed by atoms with van der Waals surface area (Å²) >= 11 is 0. The Labute approximate surface area is 184 Å². The maximum absolute atomic E-state index is 12.3. The molecule has 1 aromatic heterocycles. The highest BCUT2D eigenvalue weighted by molar-refractivity contribution is 5.95. The zero-order valence-electron chi connectivity index (χ0n) is 17.2. The van der Waals surface area contributed by atoms with Gasteiger partial charge in [-0.05, 0) is 31.2 Å². The minimum absolute atomic E-state index is 0.0823. The smallest absolute Gasteiger partial charge is 0.267 e. The molecule has 0 radical (unpaired) electrons. The zero-order chi connectivity index (χ0) is 22.5. The van der Waals surface area contributed by atoms with Crippen molar-refractivity contribution in [1.29, 1.82) is 0 Å². The van der Waals surface area contributed by atoms with Crippen molar-refractivity contribution in [2.75, 3.05) is 0 Å². The first-order valence-corrected chi connectivity index (χ1v) is 9.81. The van der Waals surface area contributed by atoms with Gasteiger partial charge in [0, 0.05) is 35.0 Å². The van der Waals surface area contributed by atoms with E-state index in [-0.39, 0.29) is 11.3 Å². The summed E-state index contributed by atoms with van der Waals surface area (Å²) in [5.41, 5.74) is 7.06. The number of carbonyl (C=O) groups is 1. The SMILES string of the molecule is Cc1ccc(-c2nn(-c3ccccc3)cc2C=NNC(=O)c2ccc([N+](=O)[O-])cc2)cc1. The van der Waals surface area contributed by atoms with E-state index in [0.29, 0.717) is 0 Å². The molecular formula is C24H19N5O3. The second-order valence-corrected chi connectivity index (χ2v) is 7.08. The first-order valence-electron chi connectivity index (χ1n) is 9.81. The van der Waals surface area contributed by atoms with Crippen LogP contribution in [-0.2, 0) is 0 Å². The fourth-order valence-electron chi connectivity index (χ4n) is 3.09. The Kier molecular flexibility index (Phi) is 5.85. The number of amides is 1. The maximum Gasteiger partial charge on any atom is 0.271 e. The van der Waals surface area contributed by atoms with E-state index in [0.717, 1.165) is 28.1 Å². The van der Waals surface area contributed by atoms with E-state index in [4.69, 9.17) is 5.10 Å². The highest BCUT2D eigenvalue weighted by Gasteiger charge is 2.12. The topological polar surface area (TPSA) is 102 Å². The molecule has 0 saturated carbocycles. The highest BCUT2D eigenvalue weighted by atomic mass is 16.6. The summed E-state index contributed by atoms with van der Waals surface area (Å²) in [6.07, 6.45) is 3.37. The number of carbonyl (C=O) groups excluding carboxylic acids is 1. The maximum atomic E-state index is 12.3. The number of hydrogen-bond donors (Lipinski definition) is 1. The third kappa shape index (κ3) is 4.59. The molecule has 8 heteroatoms. The first-order chi connectivity index (χ1) is 15.5. The summed E-state index contributed by atoms with van der Waals surface area (Å²) in [6.45, 7) is 2.02. The minimum atomic E-state index is -0.517. The van der Waals surface area contributed by atoms with Gasteiger partial charge in [-0.1, -0.05) is 48.0 Å². The van der Waals surface area contributed by atoms with Gasteiger partial charge in [0.1, 0.15) is 5.69 Å². The number of nitrogens with one attached hydrogen (secondary N) is 1. The third-order valence-electron chi connectivity index (χ3n) is 4.80. The number of hydrogen-bond acceptors (Lipinski definition) is 5. The molecule has 1 amide bonds. The van der Waals surface area contributed by atoms with Crippen molar-refractivity contribution < 1.29 is 9.72 Å². The van der Waals surface area contributed by atoms with Gasteiger partial charge in [0.15, 0.2) is 0 Å². The molecule has 0 saturated heterocycles. The van der Waals surface area contributed by atoms with Crippen LogP contribution in [0.1, 0.15) is 21.5 Å². The van der Waals surface area contributed by atoms with Crippen LogP contribution in [-0.4, -0.2) is 26.8 Å². The molecule has 0 bridgehead atoms. The summed E-state index contributed by atoms with van der Waals surface area (Å²) in [6, 6.07) is 23.0. The standard InChI is InChI=1S/C24H19N5O3/c1-17-7-9-18(10-8-17)23-20(16-28(27-23)21-5-3-2-4-6-21)15-25-26-24(30)19-11-13-22(14-12-19)29(31)32/h2-16H,1H3,(H,26,30). The number of non-ortho nitro benzene ring substituents is 1. The van der Waals surface area contributed by atoms with Crippen LogP contribution >= 0.6 is 0 Å². The molecule has 4 rings (SSSR count). The highest BCUT2D eigenvalue weighted by Crippen LogP contribution is 2.23. The lowest BCUT2D eigenvalue weighted by atomic mass is 10.1. The first kappa shape index (κ1) is 20.7. The van der Waals surface area contributed by atoms with Gasteiger partial charge in [-0.25, -0.2) is 10.1 Å². The van der Waals surface area contributed by atoms with E-state index in [1.807, 2.05) is 67.7 Å². The van der Waals surface area contributed by atoms with Crippen LogP contribution in [0.2, 0.25) is 0 Å². The summed E-state index contributed by atoms with van der Waals surface area (Å²) in [5, 5.41) is 19.5. The Morgan fingerprint density at radius 3 is 2.38 bits per heavy atom. The molecule has 1 N–H and O–H groups in total. The largest absolute Gasteiger partial charge is 0.271 e. The average Bonchev–Trinajstić information content (AvgIpc) is 3.24. The van der Waals surface area contributed by atoms with E-state index in [1.54, 1.807) is 4.68 Å². The lowest BCUT2D eigenvalue weighted by Gasteiger charge is -2.01. The van der Waals surface area contributed by atoms with Crippen molar-refractivity contribution in [1.82, 2.24) is 15.2 Å². The van der Waals surface area contributed by atoms with Crippen molar-refractivity contribution >= 4 is 17.8 Å². The Bertz CT molecular complexity index is 1280. The molecule has 0 aliphatic heterocycles. The normalized spacial score (nSPS) is 10.9. The van der Waals surface area contributed by atoms with Crippen LogP contribution in [0, 0.1) is 17.0 Å². The summed E-state index contributed by atoms with van der Waals surface area (Å²) in [7, 11) is 0. The number of nitro groups is 1. The Balaban J connectivity index is 1.59. The fraction of sp³-hybridized carbons (Fsp3) is 0.0417. The van der Waals surface area contributed by atoms with Gasteiger partial charge in [0.2, 0.25) is 0 Å². The van der Waals surface area contributed by atoms with Crippen LogP contribution in [0.5, 0.6) is 0 Å². The van der Waals surface area contributed by atoms with Gasteiger partial charge in [0.25, 0.3) is 11.6 Å². The molecule has 0 atom stereocenters. The molecule has 8 nitrogen and oxygen atoms in total. The monoisotopic (exact) mass is 425 g/mol. The van der Waals surface area contributed by atoms with Crippen molar-refractivity contribution in [2.24, 2.45) is 5.10 Å². The van der Waals surface area contributed by atoms with Gasteiger partial charge in [-0.15, -0.1) is 0 Å². The second kappa shape index (κ2) is 9.05. The van der Waals surface area contributed by atoms with Crippen LogP contribution in [0.4, 0.5) is 5.69 Å². The Hall–Kier alpha value is -4.59. The number of hydrazone groups is 1. The molecule has 0 fully saturated rings. The lowest BCUT2D eigenvalue weighted by molar-refractivity contribution is -0.384. The van der Waals surface area contributed by atoms with E-state index in [2.05, 4.69) is 10.5 Å². The minimum Gasteiger partial charge on any atom is -0.267 e. The summed E-state index contributed by atoms with van der Waals surface area (Å²) in [5.74, 6) is -0.469. The van der Waals surface area contributed by atoms with E-state index in [9.17, 15) is 14.9 Å². The van der Waals surface area contributed by atoms with E-state index < -0.39 is 10.8 Å². The number of aromatic nitrogens is 2. The van der Waals surface area contributed by atoms with Crippen LogP contribution in [0.3, 0.4) is 0 Å². The van der Waals surface area contributed by atoms with Crippen molar-refractivity contribution in [2.45, 2.75) is 6.92 Å². The number of rotatable bonds is 6. The van der Waals surface area contributed by atoms with Gasteiger partial charge in [-0.2, -0.15) is 10.2 Å². The van der Waals surface area contributed by atoms with E-state index >= 15 is 0 Å². The average molecular weight is 425 g/mol. The molecule has 3 aromatic carbocycles. The predicted molar refractivity (Wildman–Crippen MR) is 122 cm³/mol. The molecule has 1 heterocycles. The second-order valence-electron chi connectivity index (χ2n) is 7.08. The van der Waals surface area contributed by atoms with Gasteiger partial charge in [-0.3, -0.25) is 14.9 Å². The molecule has 32 heavy (non-hydrogen) atoms. The van der Waals surface area contributed by atoms with Crippen molar-refractivity contribution in [3.8, 4) is 16.9 Å². The lowest BCUT2D eigenvalue weighted by Crippen LogP contribution is -2.17. The van der Waals surface area contributed by atoms with Gasteiger partial charge < -0.3 is 0 Å². The quantitative estimate of drug-likeness (QED) is 0.279. The van der Waals surface area contributed by atoms with Crippen molar-refractivity contribution in [3.05, 3.63) is 112 Å². The number of para-hydroxylation sites is 1. The number of nitro benzene ring substituents is 1. The Morgan fingerprint density at radius 1 is 1.03 bits per heavy atom. The molecule has 0 aliphatic carbocycles. The zero-order valence-corrected chi connectivity index (χ0v) is 17.2. The van der Waals surface area contributed by atoms with Crippen LogP contribution in [0.25, 0.3) is 16.9 Å². The fourth-order valence-corrected chi connectivity index (χ4v) is 3.09.